The predicted octanol–water partition coefficient (Wildman–Crippen LogP) is 3.69. The summed E-state index contributed by atoms with van der Waals surface area (Å²) in [4.78, 5) is 45.0. The summed E-state index contributed by atoms with van der Waals surface area (Å²) in [6, 6.07) is 20.0. The van der Waals surface area contributed by atoms with Crippen LogP contribution in [0.15, 0.2) is 79.1 Å². The van der Waals surface area contributed by atoms with Crippen molar-refractivity contribution in [1.82, 2.24) is 9.88 Å². The Labute approximate surface area is 174 Å². The van der Waals surface area contributed by atoms with Gasteiger partial charge in [-0.05, 0) is 42.3 Å². The Morgan fingerprint density at radius 1 is 0.867 bits per heavy atom. The van der Waals surface area contributed by atoms with Crippen molar-refractivity contribution in [1.29, 1.82) is 0 Å². The van der Waals surface area contributed by atoms with Gasteiger partial charge in [0.1, 0.15) is 0 Å². The van der Waals surface area contributed by atoms with Gasteiger partial charge in [-0.25, -0.2) is 0 Å². The summed E-state index contributed by atoms with van der Waals surface area (Å²) in [5.41, 5.74) is 2.58. The minimum Gasteiger partial charge on any atom is -0.308 e. The van der Waals surface area contributed by atoms with Gasteiger partial charge in [-0.2, -0.15) is 0 Å². The van der Waals surface area contributed by atoms with Crippen molar-refractivity contribution in [3.8, 4) is 0 Å². The Morgan fingerprint density at radius 2 is 1.53 bits per heavy atom. The lowest BCUT2D eigenvalue weighted by molar-refractivity contribution is -0.118. The summed E-state index contributed by atoms with van der Waals surface area (Å²) >= 11 is 0. The molecular weight excluding hydrogens is 378 g/mol. The molecule has 4 rings (SSSR count). The molecule has 0 bridgehead atoms. The fraction of sp³-hybridized carbons (Fsp3) is 0.167. The van der Waals surface area contributed by atoms with E-state index in [1.807, 2.05) is 42.5 Å². The van der Waals surface area contributed by atoms with E-state index in [9.17, 15) is 14.4 Å². The van der Waals surface area contributed by atoms with Crippen molar-refractivity contribution in [2.75, 3.05) is 11.4 Å². The smallest absolute Gasteiger partial charge is 0.261 e. The average molecular weight is 399 g/mol. The van der Waals surface area contributed by atoms with Crippen molar-refractivity contribution in [2.24, 2.45) is 0 Å². The second-order valence-corrected chi connectivity index (χ2v) is 7.09. The van der Waals surface area contributed by atoms with Crippen molar-refractivity contribution in [3.63, 3.8) is 0 Å². The van der Waals surface area contributed by atoms with Crippen LogP contribution in [0.2, 0.25) is 0 Å². The normalized spacial score (nSPS) is 12.7. The highest BCUT2D eigenvalue weighted by molar-refractivity contribution is 6.21. The maximum absolute atomic E-state index is 13.0. The number of aromatic nitrogens is 1. The summed E-state index contributed by atoms with van der Waals surface area (Å²) in [5, 5.41) is 0. The minimum atomic E-state index is -0.293. The number of hydrogen-bond acceptors (Lipinski definition) is 4. The van der Waals surface area contributed by atoms with Crippen LogP contribution in [0.25, 0.3) is 0 Å². The van der Waals surface area contributed by atoms with Gasteiger partial charge < -0.3 is 4.90 Å². The van der Waals surface area contributed by atoms with E-state index < -0.39 is 0 Å². The molecule has 0 atom stereocenters. The molecule has 3 amide bonds. The van der Waals surface area contributed by atoms with E-state index in [0.717, 1.165) is 11.3 Å². The number of carbonyl (C=O) groups excluding carboxylic acids is 3. The van der Waals surface area contributed by atoms with Crippen LogP contribution in [-0.4, -0.2) is 34.2 Å². The lowest BCUT2D eigenvalue weighted by atomic mass is 10.1. The van der Waals surface area contributed by atoms with Gasteiger partial charge in [0.05, 0.1) is 17.7 Å². The van der Waals surface area contributed by atoms with Gasteiger partial charge in [0, 0.05) is 31.0 Å². The first kappa shape index (κ1) is 19.5. The Kier molecular flexibility index (Phi) is 5.66. The number of pyridine rings is 1. The maximum atomic E-state index is 13.0. The predicted molar refractivity (Wildman–Crippen MR) is 113 cm³/mol. The lowest BCUT2D eigenvalue weighted by Gasteiger charge is -2.23. The maximum Gasteiger partial charge on any atom is 0.261 e. The zero-order valence-electron chi connectivity index (χ0n) is 16.4. The number of fused-ring (bicyclic) bond motifs is 1. The Hall–Kier alpha value is -3.80. The molecule has 0 radical (unpaired) electrons. The van der Waals surface area contributed by atoms with Crippen LogP contribution in [0.1, 0.15) is 39.1 Å². The van der Waals surface area contributed by atoms with Gasteiger partial charge in [-0.3, -0.25) is 24.3 Å². The second-order valence-electron chi connectivity index (χ2n) is 7.09. The molecule has 0 aliphatic carbocycles. The molecular formula is C24H21N3O3. The Morgan fingerprint density at radius 3 is 2.17 bits per heavy atom. The SMILES string of the molecule is O=C1c2ccccc2C(=O)N1CCCC(=O)N(Cc1cccnc1)c1ccccc1. The summed E-state index contributed by atoms with van der Waals surface area (Å²) in [6.07, 6.45) is 4.06. The number of anilines is 1. The molecule has 6 heteroatoms. The summed E-state index contributed by atoms with van der Waals surface area (Å²) < 4.78 is 0. The highest BCUT2D eigenvalue weighted by Gasteiger charge is 2.34. The quantitative estimate of drug-likeness (QED) is 0.568. The number of nitrogens with zero attached hydrogens (tertiary/aromatic N) is 3. The zero-order valence-corrected chi connectivity index (χ0v) is 16.4. The number of benzene rings is 2. The molecule has 1 aliphatic heterocycles. The Bertz CT molecular complexity index is 1030. The monoisotopic (exact) mass is 399 g/mol. The third-order valence-corrected chi connectivity index (χ3v) is 5.08. The van der Waals surface area contributed by atoms with Crippen molar-refractivity contribution >= 4 is 23.4 Å². The van der Waals surface area contributed by atoms with Crippen LogP contribution < -0.4 is 4.90 Å². The second kappa shape index (κ2) is 8.69. The number of hydrogen-bond donors (Lipinski definition) is 0. The van der Waals surface area contributed by atoms with Crippen LogP contribution in [0.4, 0.5) is 5.69 Å². The lowest BCUT2D eigenvalue weighted by Crippen LogP contribution is -2.33. The average Bonchev–Trinajstić information content (AvgIpc) is 3.04. The van der Waals surface area contributed by atoms with Crippen LogP contribution in [0.5, 0.6) is 0 Å². The highest BCUT2D eigenvalue weighted by atomic mass is 16.2. The van der Waals surface area contributed by atoms with E-state index in [-0.39, 0.29) is 30.7 Å². The molecule has 3 aromatic rings. The van der Waals surface area contributed by atoms with Gasteiger partial charge in [-0.1, -0.05) is 36.4 Å². The molecule has 6 nitrogen and oxygen atoms in total. The van der Waals surface area contributed by atoms with E-state index in [1.54, 1.807) is 41.6 Å². The third kappa shape index (κ3) is 3.98. The molecule has 1 aromatic heterocycles. The zero-order chi connectivity index (χ0) is 20.9. The van der Waals surface area contributed by atoms with E-state index in [2.05, 4.69) is 4.98 Å². The Balaban J connectivity index is 1.42. The minimum absolute atomic E-state index is 0.0679. The van der Waals surface area contributed by atoms with Gasteiger partial charge in [-0.15, -0.1) is 0 Å². The van der Waals surface area contributed by atoms with E-state index in [4.69, 9.17) is 0 Å². The molecule has 1 aliphatic rings. The van der Waals surface area contributed by atoms with Crippen LogP contribution >= 0.6 is 0 Å². The molecule has 0 fully saturated rings. The van der Waals surface area contributed by atoms with E-state index in [0.29, 0.717) is 24.1 Å². The number of para-hydroxylation sites is 1. The van der Waals surface area contributed by atoms with Crippen LogP contribution in [0.3, 0.4) is 0 Å². The van der Waals surface area contributed by atoms with Crippen molar-refractivity contribution < 1.29 is 14.4 Å². The molecule has 2 aromatic carbocycles. The first-order valence-electron chi connectivity index (χ1n) is 9.84. The molecule has 2 heterocycles. The van der Waals surface area contributed by atoms with E-state index in [1.165, 1.54) is 4.90 Å². The topological polar surface area (TPSA) is 70.6 Å². The van der Waals surface area contributed by atoms with Crippen molar-refractivity contribution in [2.45, 2.75) is 19.4 Å². The third-order valence-electron chi connectivity index (χ3n) is 5.08. The number of carbonyl (C=O) groups is 3. The summed E-state index contributed by atoms with van der Waals surface area (Å²) in [5.74, 6) is -0.654. The van der Waals surface area contributed by atoms with Crippen molar-refractivity contribution in [3.05, 3.63) is 95.8 Å². The van der Waals surface area contributed by atoms with Crippen LogP contribution in [-0.2, 0) is 11.3 Å². The van der Waals surface area contributed by atoms with Gasteiger partial charge in [0.25, 0.3) is 11.8 Å². The highest BCUT2D eigenvalue weighted by Crippen LogP contribution is 2.23. The molecule has 0 spiro atoms. The van der Waals surface area contributed by atoms with Gasteiger partial charge >= 0.3 is 0 Å². The number of amides is 3. The van der Waals surface area contributed by atoms with E-state index >= 15 is 0 Å². The first-order valence-corrected chi connectivity index (χ1v) is 9.84. The summed E-state index contributed by atoms with van der Waals surface area (Å²) in [6.45, 7) is 0.622. The summed E-state index contributed by atoms with van der Waals surface area (Å²) in [7, 11) is 0. The number of imide groups is 1. The largest absolute Gasteiger partial charge is 0.308 e. The molecule has 0 saturated heterocycles. The molecule has 0 N–H and O–H groups in total. The number of rotatable bonds is 7. The van der Waals surface area contributed by atoms with Crippen LogP contribution in [0, 0.1) is 0 Å². The van der Waals surface area contributed by atoms with Gasteiger partial charge in [0.2, 0.25) is 5.91 Å². The van der Waals surface area contributed by atoms with Gasteiger partial charge in [0.15, 0.2) is 0 Å². The standard InChI is InChI=1S/C24H21N3O3/c28-22(13-7-15-26-23(29)20-11-4-5-12-21(20)24(26)30)27(19-9-2-1-3-10-19)17-18-8-6-14-25-16-18/h1-6,8-12,14,16H,7,13,15,17H2. The fourth-order valence-corrected chi connectivity index (χ4v) is 3.57. The molecule has 0 unspecified atom stereocenters. The molecule has 150 valence electrons. The molecule has 0 saturated carbocycles. The molecule has 30 heavy (non-hydrogen) atoms. The first-order chi connectivity index (χ1) is 14.6. The fourth-order valence-electron chi connectivity index (χ4n) is 3.57.